The number of carbonyl (C=O) groups is 3. The lowest BCUT2D eigenvalue weighted by Crippen LogP contribution is -2.51. The molecule has 0 atom stereocenters. The number of nitrogens with two attached hydrogens (primary N) is 1. The first kappa shape index (κ1) is 22.3. The number of aliphatic hydroxyl groups is 2. The first-order valence-electron chi connectivity index (χ1n) is 9.93. The maximum atomic E-state index is 12.9. The molecule has 0 spiro atoms. The summed E-state index contributed by atoms with van der Waals surface area (Å²) in [5, 5.41) is 21.6. The van der Waals surface area contributed by atoms with Gasteiger partial charge in [0.15, 0.2) is 0 Å². The standard InChI is InChI=1S/C22H26N4O5/c1-14-2-4-16(20(23)29)11-19(14)24-22(31)26-8-6-25(7-9-26)21(30)18-5-3-15(12-27)10-17(18)13-28/h2-5,10-11,27-28H,6-9,12-13H2,1H3,(H2,23,29)(H,24,31). The van der Waals surface area contributed by atoms with Crippen LogP contribution in [0.5, 0.6) is 0 Å². The Morgan fingerprint density at radius 1 is 0.968 bits per heavy atom. The van der Waals surface area contributed by atoms with Crippen molar-refractivity contribution in [2.75, 3.05) is 31.5 Å². The predicted molar refractivity (Wildman–Crippen MR) is 114 cm³/mol. The van der Waals surface area contributed by atoms with Gasteiger partial charge in [-0.25, -0.2) is 4.79 Å². The predicted octanol–water partition coefficient (Wildman–Crippen LogP) is 1.07. The minimum Gasteiger partial charge on any atom is -0.392 e. The van der Waals surface area contributed by atoms with E-state index in [0.717, 1.165) is 5.56 Å². The summed E-state index contributed by atoms with van der Waals surface area (Å²) in [4.78, 5) is 40.2. The van der Waals surface area contributed by atoms with E-state index in [1.165, 1.54) is 0 Å². The van der Waals surface area contributed by atoms with Crippen LogP contribution in [0, 0.1) is 6.92 Å². The lowest BCUT2D eigenvalue weighted by Gasteiger charge is -2.35. The summed E-state index contributed by atoms with van der Waals surface area (Å²) in [6.45, 7) is 2.72. The molecule has 9 heteroatoms. The molecule has 5 N–H and O–H groups in total. The summed E-state index contributed by atoms with van der Waals surface area (Å²) in [7, 11) is 0. The third kappa shape index (κ3) is 5.01. The number of anilines is 1. The Bertz CT molecular complexity index is 999. The molecule has 164 valence electrons. The van der Waals surface area contributed by atoms with E-state index in [0.29, 0.717) is 54.1 Å². The van der Waals surface area contributed by atoms with E-state index in [-0.39, 0.29) is 25.2 Å². The van der Waals surface area contributed by atoms with Gasteiger partial charge >= 0.3 is 6.03 Å². The molecular formula is C22H26N4O5. The highest BCUT2D eigenvalue weighted by Crippen LogP contribution is 2.19. The zero-order chi connectivity index (χ0) is 22.5. The molecule has 0 unspecified atom stereocenters. The van der Waals surface area contributed by atoms with Gasteiger partial charge in [-0.3, -0.25) is 9.59 Å². The quantitative estimate of drug-likeness (QED) is 0.567. The molecule has 2 aromatic rings. The van der Waals surface area contributed by atoms with Gasteiger partial charge in [0.05, 0.1) is 13.2 Å². The molecule has 9 nitrogen and oxygen atoms in total. The van der Waals surface area contributed by atoms with Crippen molar-refractivity contribution in [3.8, 4) is 0 Å². The number of aryl methyl sites for hydroxylation is 1. The summed E-state index contributed by atoms with van der Waals surface area (Å²) < 4.78 is 0. The number of amides is 4. The van der Waals surface area contributed by atoms with Crippen LogP contribution in [0.25, 0.3) is 0 Å². The fraction of sp³-hybridized carbons (Fsp3) is 0.318. The Hall–Kier alpha value is -3.43. The average Bonchev–Trinajstić information content (AvgIpc) is 2.79. The number of urea groups is 1. The Labute approximate surface area is 180 Å². The van der Waals surface area contributed by atoms with E-state index >= 15 is 0 Å². The lowest BCUT2D eigenvalue weighted by atomic mass is 10.0. The highest BCUT2D eigenvalue weighted by atomic mass is 16.3. The lowest BCUT2D eigenvalue weighted by molar-refractivity contribution is 0.0668. The van der Waals surface area contributed by atoms with Crippen LogP contribution in [-0.4, -0.2) is 64.0 Å². The van der Waals surface area contributed by atoms with E-state index in [4.69, 9.17) is 5.73 Å². The highest BCUT2D eigenvalue weighted by Gasteiger charge is 2.26. The molecule has 2 aromatic carbocycles. The third-order valence-corrected chi connectivity index (χ3v) is 5.37. The van der Waals surface area contributed by atoms with Crippen molar-refractivity contribution in [2.24, 2.45) is 5.73 Å². The van der Waals surface area contributed by atoms with Crippen molar-refractivity contribution >= 4 is 23.5 Å². The smallest absolute Gasteiger partial charge is 0.321 e. The van der Waals surface area contributed by atoms with Crippen molar-refractivity contribution < 1.29 is 24.6 Å². The van der Waals surface area contributed by atoms with Crippen molar-refractivity contribution in [2.45, 2.75) is 20.1 Å². The molecule has 31 heavy (non-hydrogen) atoms. The number of nitrogens with zero attached hydrogens (tertiary/aromatic N) is 2. The van der Waals surface area contributed by atoms with Crippen LogP contribution in [0.4, 0.5) is 10.5 Å². The molecule has 1 aliphatic heterocycles. The Morgan fingerprint density at radius 3 is 2.26 bits per heavy atom. The van der Waals surface area contributed by atoms with Crippen LogP contribution in [0.2, 0.25) is 0 Å². The molecule has 4 amide bonds. The Kier molecular flexibility index (Phi) is 6.88. The van der Waals surface area contributed by atoms with Crippen molar-refractivity contribution in [3.05, 3.63) is 64.2 Å². The molecule has 0 aliphatic carbocycles. The number of carbonyl (C=O) groups excluding carboxylic acids is 3. The largest absolute Gasteiger partial charge is 0.392 e. The van der Waals surface area contributed by atoms with Gasteiger partial charge in [-0.15, -0.1) is 0 Å². The molecule has 1 fully saturated rings. The van der Waals surface area contributed by atoms with E-state index in [1.807, 2.05) is 6.92 Å². The molecule has 1 aliphatic rings. The zero-order valence-electron chi connectivity index (χ0n) is 17.3. The van der Waals surface area contributed by atoms with Crippen molar-refractivity contribution in [1.29, 1.82) is 0 Å². The van der Waals surface area contributed by atoms with Gasteiger partial charge in [0.25, 0.3) is 5.91 Å². The van der Waals surface area contributed by atoms with Gasteiger partial charge in [-0.05, 0) is 41.8 Å². The molecule has 1 saturated heterocycles. The number of benzene rings is 2. The van der Waals surface area contributed by atoms with Crippen molar-refractivity contribution in [1.82, 2.24) is 9.80 Å². The first-order valence-corrected chi connectivity index (χ1v) is 9.93. The molecule has 0 saturated carbocycles. The van der Waals surface area contributed by atoms with E-state index in [9.17, 15) is 24.6 Å². The Morgan fingerprint density at radius 2 is 1.65 bits per heavy atom. The maximum absolute atomic E-state index is 12.9. The fourth-order valence-electron chi connectivity index (χ4n) is 3.47. The van der Waals surface area contributed by atoms with E-state index in [1.54, 1.807) is 46.2 Å². The van der Waals surface area contributed by atoms with Crippen LogP contribution < -0.4 is 11.1 Å². The summed E-state index contributed by atoms with van der Waals surface area (Å²) >= 11 is 0. The normalized spacial score (nSPS) is 13.8. The topological polar surface area (TPSA) is 136 Å². The average molecular weight is 426 g/mol. The van der Waals surface area contributed by atoms with E-state index < -0.39 is 5.91 Å². The van der Waals surface area contributed by atoms with Gasteiger partial charge in [-0.2, -0.15) is 0 Å². The number of rotatable bonds is 5. The van der Waals surface area contributed by atoms with Gasteiger partial charge < -0.3 is 31.1 Å². The van der Waals surface area contributed by atoms with Crippen LogP contribution in [0.15, 0.2) is 36.4 Å². The molecular weight excluding hydrogens is 400 g/mol. The van der Waals surface area contributed by atoms with Crippen molar-refractivity contribution in [3.63, 3.8) is 0 Å². The van der Waals surface area contributed by atoms with Crippen LogP contribution in [-0.2, 0) is 13.2 Å². The number of hydrogen-bond donors (Lipinski definition) is 4. The van der Waals surface area contributed by atoms with Gasteiger partial charge in [0.1, 0.15) is 0 Å². The van der Waals surface area contributed by atoms with Crippen LogP contribution in [0.3, 0.4) is 0 Å². The number of aliphatic hydroxyl groups excluding tert-OH is 2. The molecule has 0 bridgehead atoms. The second kappa shape index (κ2) is 9.59. The Balaban J connectivity index is 1.63. The second-order valence-corrected chi connectivity index (χ2v) is 7.41. The van der Waals surface area contributed by atoms with Crippen LogP contribution >= 0.6 is 0 Å². The summed E-state index contributed by atoms with van der Waals surface area (Å²) in [5.74, 6) is -0.796. The molecule has 1 heterocycles. The number of primary amides is 1. The monoisotopic (exact) mass is 426 g/mol. The minimum atomic E-state index is -0.572. The first-order chi connectivity index (χ1) is 14.8. The number of nitrogens with one attached hydrogen (secondary N) is 1. The third-order valence-electron chi connectivity index (χ3n) is 5.37. The number of hydrogen-bond acceptors (Lipinski definition) is 5. The van der Waals surface area contributed by atoms with Gasteiger partial charge in [0.2, 0.25) is 5.91 Å². The van der Waals surface area contributed by atoms with Gasteiger partial charge in [-0.1, -0.05) is 18.2 Å². The van der Waals surface area contributed by atoms with Gasteiger partial charge in [0, 0.05) is 43.0 Å². The summed E-state index contributed by atoms with van der Waals surface area (Å²) in [6, 6.07) is 9.41. The second-order valence-electron chi connectivity index (χ2n) is 7.41. The van der Waals surface area contributed by atoms with E-state index in [2.05, 4.69) is 5.32 Å². The van der Waals surface area contributed by atoms with Crippen LogP contribution in [0.1, 0.15) is 37.4 Å². The fourth-order valence-corrected chi connectivity index (χ4v) is 3.47. The zero-order valence-corrected chi connectivity index (χ0v) is 17.3. The highest BCUT2D eigenvalue weighted by molar-refractivity contribution is 5.97. The summed E-state index contributed by atoms with van der Waals surface area (Å²) in [5.41, 5.74) is 8.40. The summed E-state index contributed by atoms with van der Waals surface area (Å²) in [6.07, 6.45) is 0. The maximum Gasteiger partial charge on any atom is 0.321 e. The molecule has 0 aromatic heterocycles. The number of piperazine rings is 1. The SMILES string of the molecule is Cc1ccc(C(N)=O)cc1NC(=O)N1CCN(C(=O)c2ccc(CO)cc2CO)CC1. The minimum absolute atomic E-state index is 0.170. The molecule has 0 radical (unpaired) electrons. The molecule has 3 rings (SSSR count).